The highest BCUT2D eigenvalue weighted by Gasteiger charge is 2.19. The number of anilines is 1. The number of aromatic nitrogens is 3. The average molecular weight is 335 g/mol. The Kier molecular flexibility index (Phi) is 3.17. The molecule has 0 radical (unpaired) electrons. The van der Waals surface area contributed by atoms with Crippen LogP contribution in [0.15, 0.2) is 36.5 Å². The standard InChI is InChI=1S/C17H13N5OS/c1-8-11-12(18)14(15(19)23)24-17(11)22-16(21-8)10-6-2-4-9-5-3-7-20-13(9)10/h2-7H,18H2,1H3,(H2,19,23). The lowest BCUT2D eigenvalue weighted by atomic mass is 10.1. The summed E-state index contributed by atoms with van der Waals surface area (Å²) in [6.45, 7) is 1.85. The summed E-state index contributed by atoms with van der Waals surface area (Å²) in [7, 11) is 0. The fraction of sp³-hybridized carbons (Fsp3) is 0.0588. The number of rotatable bonds is 2. The van der Waals surface area contributed by atoms with E-state index in [0.717, 1.165) is 16.5 Å². The zero-order valence-electron chi connectivity index (χ0n) is 12.8. The molecule has 6 nitrogen and oxygen atoms in total. The van der Waals surface area contributed by atoms with E-state index < -0.39 is 5.91 Å². The second-order valence-electron chi connectivity index (χ2n) is 5.40. The van der Waals surface area contributed by atoms with Crippen molar-refractivity contribution in [3.05, 3.63) is 47.1 Å². The highest BCUT2D eigenvalue weighted by molar-refractivity contribution is 7.21. The first-order valence-corrected chi connectivity index (χ1v) is 8.08. The topological polar surface area (TPSA) is 108 Å². The molecule has 4 N–H and O–H groups in total. The van der Waals surface area contributed by atoms with Gasteiger partial charge in [-0.05, 0) is 19.1 Å². The SMILES string of the molecule is Cc1nc(-c2cccc3cccnc23)nc2sc(C(N)=O)c(N)c12. The predicted octanol–water partition coefficient (Wildman–Crippen LogP) is 2.90. The lowest BCUT2D eigenvalue weighted by Crippen LogP contribution is -2.10. The van der Waals surface area contributed by atoms with Crippen LogP contribution in [0.3, 0.4) is 0 Å². The smallest absolute Gasteiger partial charge is 0.260 e. The molecule has 24 heavy (non-hydrogen) atoms. The molecule has 3 aromatic heterocycles. The maximum atomic E-state index is 11.5. The maximum absolute atomic E-state index is 11.5. The number of amides is 1. The second-order valence-corrected chi connectivity index (χ2v) is 6.40. The van der Waals surface area contributed by atoms with Gasteiger partial charge in [-0.25, -0.2) is 9.97 Å². The minimum atomic E-state index is -0.553. The van der Waals surface area contributed by atoms with Crippen LogP contribution in [0.5, 0.6) is 0 Å². The van der Waals surface area contributed by atoms with Crippen LogP contribution in [0.25, 0.3) is 32.5 Å². The summed E-state index contributed by atoms with van der Waals surface area (Å²) in [5.41, 5.74) is 14.2. The van der Waals surface area contributed by atoms with Gasteiger partial charge < -0.3 is 11.5 Å². The lowest BCUT2D eigenvalue weighted by Gasteiger charge is -2.06. The molecule has 118 valence electrons. The number of para-hydroxylation sites is 1. The van der Waals surface area contributed by atoms with Gasteiger partial charge in [0.15, 0.2) is 5.82 Å². The normalized spacial score (nSPS) is 11.2. The van der Waals surface area contributed by atoms with Crippen molar-refractivity contribution >= 4 is 44.1 Å². The molecule has 0 spiro atoms. The van der Waals surface area contributed by atoms with Crippen LogP contribution < -0.4 is 11.5 Å². The van der Waals surface area contributed by atoms with Gasteiger partial charge in [0.25, 0.3) is 5.91 Å². The fourth-order valence-electron chi connectivity index (χ4n) is 2.78. The van der Waals surface area contributed by atoms with Gasteiger partial charge in [-0.2, -0.15) is 0 Å². The van der Waals surface area contributed by atoms with Crippen molar-refractivity contribution in [3.63, 3.8) is 0 Å². The summed E-state index contributed by atoms with van der Waals surface area (Å²) in [6.07, 6.45) is 1.74. The molecule has 3 heterocycles. The summed E-state index contributed by atoms with van der Waals surface area (Å²) in [6, 6.07) is 9.75. The number of nitrogen functional groups attached to an aromatic ring is 1. The molecule has 1 amide bonds. The monoisotopic (exact) mass is 335 g/mol. The van der Waals surface area contributed by atoms with E-state index in [1.54, 1.807) is 6.20 Å². The van der Waals surface area contributed by atoms with E-state index in [-0.39, 0.29) is 0 Å². The average Bonchev–Trinajstić information content (AvgIpc) is 2.92. The van der Waals surface area contributed by atoms with Crippen LogP contribution in [0.1, 0.15) is 15.4 Å². The third kappa shape index (κ3) is 2.10. The Morgan fingerprint density at radius 2 is 1.96 bits per heavy atom. The van der Waals surface area contributed by atoms with Gasteiger partial charge in [0.1, 0.15) is 9.71 Å². The van der Waals surface area contributed by atoms with Gasteiger partial charge in [0.05, 0.1) is 22.3 Å². The first-order chi connectivity index (χ1) is 11.6. The minimum absolute atomic E-state index is 0.315. The Balaban J connectivity index is 2.02. The van der Waals surface area contributed by atoms with E-state index in [0.29, 0.717) is 32.3 Å². The molecule has 0 fully saturated rings. The van der Waals surface area contributed by atoms with E-state index in [4.69, 9.17) is 11.5 Å². The number of carbonyl (C=O) groups is 1. The lowest BCUT2D eigenvalue weighted by molar-refractivity contribution is 0.100. The van der Waals surface area contributed by atoms with E-state index in [9.17, 15) is 4.79 Å². The number of carbonyl (C=O) groups excluding carboxylic acids is 1. The highest BCUT2D eigenvalue weighted by atomic mass is 32.1. The van der Waals surface area contributed by atoms with Gasteiger partial charge in [-0.1, -0.05) is 18.2 Å². The van der Waals surface area contributed by atoms with Crippen molar-refractivity contribution in [2.75, 3.05) is 5.73 Å². The summed E-state index contributed by atoms with van der Waals surface area (Å²) in [4.78, 5) is 26.1. The van der Waals surface area contributed by atoms with E-state index >= 15 is 0 Å². The number of nitrogens with two attached hydrogens (primary N) is 2. The predicted molar refractivity (Wildman–Crippen MR) is 95.8 cm³/mol. The van der Waals surface area contributed by atoms with Crippen LogP contribution in [-0.4, -0.2) is 20.9 Å². The molecule has 0 saturated heterocycles. The van der Waals surface area contributed by atoms with E-state index in [2.05, 4.69) is 15.0 Å². The molecule has 0 saturated carbocycles. The van der Waals surface area contributed by atoms with Crippen LogP contribution >= 0.6 is 11.3 Å². The quantitative estimate of drug-likeness (QED) is 0.585. The minimum Gasteiger partial charge on any atom is -0.397 e. The molecule has 0 atom stereocenters. The summed E-state index contributed by atoms with van der Waals surface area (Å²) >= 11 is 1.19. The molecule has 0 unspecified atom stereocenters. The molecular formula is C17H13N5OS. The van der Waals surface area contributed by atoms with Crippen molar-refractivity contribution < 1.29 is 4.79 Å². The van der Waals surface area contributed by atoms with Gasteiger partial charge in [-0.3, -0.25) is 9.78 Å². The molecule has 1 aromatic carbocycles. The van der Waals surface area contributed by atoms with Crippen molar-refractivity contribution in [2.24, 2.45) is 5.73 Å². The molecule has 0 aliphatic carbocycles. The number of benzene rings is 1. The number of aryl methyl sites for hydroxylation is 1. The Morgan fingerprint density at radius 3 is 2.75 bits per heavy atom. The molecule has 4 rings (SSSR count). The Bertz CT molecular complexity index is 1110. The first kappa shape index (κ1) is 14.5. The summed E-state index contributed by atoms with van der Waals surface area (Å²) < 4.78 is 0. The van der Waals surface area contributed by atoms with Crippen LogP contribution in [0, 0.1) is 6.92 Å². The largest absolute Gasteiger partial charge is 0.397 e. The van der Waals surface area contributed by atoms with Gasteiger partial charge in [-0.15, -0.1) is 11.3 Å². The number of nitrogens with zero attached hydrogens (tertiary/aromatic N) is 3. The van der Waals surface area contributed by atoms with Gasteiger partial charge >= 0.3 is 0 Å². The number of hydrogen-bond acceptors (Lipinski definition) is 6. The van der Waals surface area contributed by atoms with Crippen molar-refractivity contribution in [3.8, 4) is 11.4 Å². The molecule has 4 aromatic rings. The number of thiophene rings is 1. The summed E-state index contributed by atoms with van der Waals surface area (Å²) in [5.74, 6) is 0.00449. The van der Waals surface area contributed by atoms with Crippen molar-refractivity contribution in [1.29, 1.82) is 0 Å². The Hall–Kier alpha value is -3.06. The third-order valence-electron chi connectivity index (χ3n) is 3.87. The maximum Gasteiger partial charge on any atom is 0.260 e. The van der Waals surface area contributed by atoms with Crippen molar-refractivity contribution in [2.45, 2.75) is 6.92 Å². The van der Waals surface area contributed by atoms with Crippen molar-refractivity contribution in [1.82, 2.24) is 15.0 Å². The third-order valence-corrected chi connectivity index (χ3v) is 4.98. The molecule has 7 heteroatoms. The highest BCUT2D eigenvalue weighted by Crippen LogP contribution is 2.35. The number of fused-ring (bicyclic) bond motifs is 2. The zero-order valence-corrected chi connectivity index (χ0v) is 13.6. The van der Waals surface area contributed by atoms with Gasteiger partial charge in [0, 0.05) is 17.1 Å². The molecule has 0 bridgehead atoms. The Morgan fingerprint density at radius 1 is 1.17 bits per heavy atom. The van der Waals surface area contributed by atoms with Crippen LogP contribution in [-0.2, 0) is 0 Å². The number of pyridine rings is 1. The van der Waals surface area contributed by atoms with Crippen LogP contribution in [0.2, 0.25) is 0 Å². The van der Waals surface area contributed by atoms with E-state index in [1.165, 1.54) is 11.3 Å². The van der Waals surface area contributed by atoms with Crippen LogP contribution in [0.4, 0.5) is 5.69 Å². The Labute approximate surface area is 141 Å². The second kappa shape index (κ2) is 5.24. The first-order valence-electron chi connectivity index (χ1n) is 7.27. The molecule has 0 aliphatic rings. The van der Waals surface area contributed by atoms with E-state index in [1.807, 2.05) is 37.3 Å². The summed E-state index contributed by atoms with van der Waals surface area (Å²) in [5, 5.41) is 1.70. The van der Waals surface area contributed by atoms with Gasteiger partial charge in [0.2, 0.25) is 0 Å². The number of primary amides is 1. The zero-order chi connectivity index (χ0) is 16.8. The number of hydrogen-bond donors (Lipinski definition) is 2. The molecular weight excluding hydrogens is 322 g/mol. The fourth-order valence-corrected chi connectivity index (χ4v) is 3.78. The molecule has 0 aliphatic heterocycles.